The van der Waals surface area contributed by atoms with Gasteiger partial charge in [-0.05, 0) is 44.2 Å². The van der Waals surface area contributed by atoms with E-state index in [0.717, 1.165) is 13.1 Å². The van der Waals surface area contributed by atoms with E-state index in [-0.39, 0.29) is 5.97 Å². The molecule has 0 saturated heterocycles. The first-order valence-electron chi connectivity index (χ1n) is 8.85. The molecule has 1 aromatic rings. The Morgan fingerprint density at radius 2 is 1.87 bits per heavy atom. The lowest BCUT2D eigenvalue weighted by atomic mass is 10.1. The average molecular weight is 320 g/mol. The zero-order valence-corrected chi connectivity index (χ0v) is 14.9. The van der Waals surface area contributed by atoms with Crippen LogP contribution in [0.2, 0.25) is 0 Å². The summed E-state index contributed by atoms with van der Waals surface area (Å²) in [4.78, 5) is 14.3. The Morgan fingerprint density at radius 3 is 2.48 bits per heavy atom. The van der Waals surface area contributed by atoms with E-state index in [2.05, 4.69) is 25.7 Å². The number of carbonyl (C=O) groups is 1. The van der Waals surface area contributed by atoms with Gasteiger partial charge in [0, 0.05) is 18.3 Å². The van der Waals surface area contributed by atoms with Gasteiger partial charge in [-0.15, -0.1) is 0 Å². The van der Waals surface area contributed by atoms with Crippen molar-refractivity contribution in [3.63, 3.8) is 0 Å². The van der Waals surface area contributed by atoms with Crippen molar-refractivity contribution < 1.29 is 9.53 Å². The van der Waals surface area contributed by atoms with Crippen molar-refractivity contribution in [3.05, 3.63) is 29.8 Å². The molecule has 0 unspecified atom stereocenters. The summed E-state index contributed by atoms with van der Waals surface area (Å²) in [6, 6.07) is 7.37. The Hall–Kier alpha value is -1.55. The first-order chi connectivity index (χ1) is 11.1. The lowest BCUT2D eigenvalue weighted by Gasteiger charge is -2.27. The predicted octanol–water partition coefficient (Wildman–Crippen LogP) is 4.11. The third kappa shape index (κ3) is 7.51. The van der Waals surface area contributed by atoms with Crippen molar-refractivity contribution in [2.45, 2.75) is 58.9 Å². The molecule has 1 rings (SSSR count). The molecule has 0 aliphatic heterocycles. The van der Waals surface area contributed by atoms with Crippen LogP contribution in [0.5, 0.6) is 0 Å². The Kier molecular flexibility index (Phi) is 9.37. The number of nitrogens with two attached hydrogens (primary N) is 1. The molecular weight excluding hydrogens is 288 g/mol. The van der Waals surface area contributed by atoms with Gasteiger partial charge in [-0.3, -0.25) is 4.90 Å². The van der Waals surface area contributed by atoms with Crippen molar-refractivity contribution in [2.24, 2.45) is 0 Å². The molecule has 0 aromatic heterocycles. The Labute approximate surface area is 141 Å². The molecule has 2 N–H and O–H groups in total. The van der Waals surface area contributed by atoms with Crippen LogP contribution in [-0.4, -0.2) is 36.6 Å². The van der Waals surface area contributed by atoms with Crippen LogP contribution in [0.25, 0.3) is 0 Å². The van der Waals surface area contributed by atoms with Crippen LogP contribution in [0.1, 0.15) is 63.2 Å². The summed E-state index contributed by atoms with van der Waals surface area (Å²) in [7, 11) is 0. The van der Waals surface area contributed by atoms with E-state index in [0.29, 0.717) is 23.9 Å². The van der Waals surface area contributed by atoms with Crippen molar-refractivity contribution in [1.29, 1.82) is 0 Å². The Bertz CT molecular complexity index is 445. The minimum absolute atomic E-state index is 0.281. The monoisotopic (exact) mass is 320 g/mol. The molecule has 0 spiro atoms. The van der Waals surface area contributed by atoms with Crippen LogP contribution in [0.3, 0.4) is 0 Å². The van der Waals surface area contributed by atoms with Crippen molar-refractivity contribution in [1.82, 2.24) is 4.90 Å². The first-order valence-corrected chi connectivity index (χ1v) is 8.85. The van der Waals surface area contributed by atoms with Crippen molar-refractivity contribution in [3.8, 4) is 0 Å². The molecule has 0 heterocycles. The summed E-state index contributed by atoms with van der Waals surface area (Å²) in [6.07, 6.45) is 6.38. The van der Waals surface area contributed by atoms with Crippen LogP contribution in [0.4, 0.5) is 5.69 Å². The number of unbranched alkanes of at least 4 members (excludes halogenated alkanes) is 3. The highest BCUT2D eigenvalue weighted by molar-refractivity contribution is 5.89. The smallest absolute Gasteiger partial charge is 0.338 e. The number of anilines is 1. The van der Waals surface area contributed by atoms with Crippen molar-refractivity contribution in [2.75, 3.05) is 25.4 Å². The molecule has 130 valence electrons. The molecular formula is C19H32N2O2. The van der Waals surface area contributed by atoms with Gasteiger partial charge >= 0.3 is 5.97 Å². The van der Waals surface area contributed by atoms with E-state index < -0.39 is 0 Å². The van der Waals surface area contributed by atoms with E-state index in [1.54, 1.807) is 24.3 Å². The maximum atomic E-state index is 12.0. The maximum Gasteiger partial charge on any atom is 0.338 e. The zero-order chi connectivity index (χ0) is 17.1. The number of benzene rings is 1. The van der Waals surface area contributed by atoms with Gasteiger partial charge in [-0.1, -0.05) is 39.5 Å². The molecule has 1 atom stereocenters. The molecule has 23 heavy (non-hydrogen) atoms. The van der Waals surface area contributed by atoms with Gasteiger partial charge in [0.05, 0.1) is 5.56 Å². The molecule has 4 heteroatoms. The highest BCUT2D eigenvalue weighted by atomic mass is 16.5. The highest BCUT2D eigenvalue weighted by Gasteiger charge is 2.13. The van der Waals surface area contributed by atoms with Crippen LogP contribution < -0.4 is 5.73 Å². The summed E-state index contributed by atoms with van der Waals surface area (Å²) in [5.41, 5.74) is 6.82. The molecule has 4 nitrogen and oxygen atoms in total. The predicted molar refractivity (Wildman–Crippen MR) is 96.6 cm³/mol. The minimum Gasteiger partial charge on any atom is -0.461 e. The van der Waals surface area contributed by atoms with E-state index >= 15 is 0 Å². The number of carbonyl (C=O) groups excluding carboxylic acids is 1. The van der Waals surface area contributed by atoms with Gasteiger partial charge < -0.3 is 10.5 Å². The average Bonchev–Trinajstić information content (AvgIpc) is 2.56. The number of esters is 1. The molecule has 0 bridgehead atoms. The van der Waals surface area contributed by atoms with E-state index in [1.165, 1.54) is 32.1 Å². The molecule has 0 radical (unpaired) electrons. The molecule has 1 aromatic carbocycles. The Morgan fingerprint density at radius 1 is 1.17 bits per heavy atom. The standard InChI is InChI=1S/C19H32N2O2/c1-4-6-7-8-9-16(3)21(5-2)14-15-23-19(22)17-10-12-18(20)13-11-17/h10-13,16H,4-9,14-15,20H2,1-3H3/t16-/m0/s1. The van der Waals surface area contributed by atoms with Crippen LogP contribution >= 0.6 is 0 Å². The quantitative estimate of drug-likeness (QED) is 0.379. The lowest BCUT2D eigenvalue weighted by molar-refractivity contribution is 0.0440. The van der Waals surface area contributed by atoms with Gasteiger partial charge in [0.1, 0.15) is 6.61 Å². The number of hydrogen-bond acceptors (Lipinski definition) is 4. The third-order valence-corrected chi connectivity index (χ3v) is 4.26. The fraction of sp³-hybridized carbons (Fsp3) is 0.632. The van der Waals surface area contributed by atoms with E-state index in [1.807, 2.05) is 0 Å². The summed E-state index contributed by atoms with van der Waals surface area (Å²) in [6.45, 7) is 8.84. The summed E-state index contributed by atoms with van der Waals surface area (Å²) in [5, 5.41) is 0. The number of nitrogens with zero attached hydrogens (tertiary/aromatic N) is 1. The van der Waals surface area contributed by atoms with Gasteiger partial charge in [0.25, 0.3) is 0 Å². The van der Waals surface area contributed by atoms with Gasteiger partial charge in [-0.2, -0.15) is 0 Å². The topological polar surface area (TPSA) is 55.6 Å². The Balaban J connectivity index is 2.30. The lowest BCUT2D eigenvalue weighted by Crippen LogP contribution is -2.36. The van der Waals surface area contributed by atoms with E-state index in [4.69, 9.17) is 10.5 Å². The van der Waals surface area contributed by atoms with Gasteiger partial charge in [-0.25, -0.2) is 4.79 Å². The minimum atomic E-state index is -0.281. The third-order valence-electron chi connectivity index (χ3n) is 4.26. The summed E-state index contributed by atoms with van der Waals surface area (Å²) >= 11 is 0. The largest absolute Gasteiger partial charge is 0.461 e. The first kappa shape index (κ1) is 19.5. The molecule has 0 fully saturated rings. The zero-order valence-electron chi connectivity index (χ0n) is 14.9. The second-order valence-corrected chi connectivity index (χ2v) is 6.08. The molecule has 0 aliphatic carbocycles. The van der Waals surface area contributed by atoms with Gasteiger partial charge in [0.2, 0.25) is 0 Å². The molecule has 0 amide bonds. The fourth-order valence-corrected chi connectivity index (χ4v) is 2.70. The number of hydrogen-bond donors (Lipinski definition) is 1. The molecule has 0 aliphatic rings. The second-order valence-electron chi connectivity index (χ2n) is 6.08. The number of rotatable bonds is 11. The SMILES string of the molecule is CCCCCC[C@H](C)N(CC)CCOC(=O)c1ccc(N)cc1. The summed E-state index contributed by atoms with van der Waals surface area (Å²) in [5.74, 6) is -0.281. The van der Waals surface area contributed by atoms with Crippen LogP contribution in [-0.2, 0) is 4.74 Å². The van der Waals surface area contributed by atoms with Crippen LogP contribution in [0, 0.1) is 0 Å². The maximum absolute atomic E-state index is 12.0. The van der Waals surface area contributed by atoms with Crippen molar-refractivity contribution >= 4 is 11.7 Å². The van der Waals surface area contributed by atoms with E-state index in [9.17, 15) is 4.79 Å². The van der Waals surface area contributed by atoms with Gasteiger partial charge in [0.15, 0.2) is 0 Å². The summed E-state index contributed by atoms with van der Waals surface area (Å²) < 4.78 is 5.37. The highest BCUT2D eigenvalue weighted by Crippen LogP contribution is 2.11. The second kappa shape index (κ2) is 11.1. The fourth-order valence-electron chi connectivity index (χ4n) is 2.70. The normalized spacial score (nSPS) is 12.3. The number of ether oxygens (including phenoxy) is 1. The number of nitrogen functional groups attached to an aromatic ring is 1. The number of likely N-dealkylation sites (N-methyl/N-ethyl adjacent to an activating group) is 1. The van der Waals surface area contributed by atoms with Crippen LogP contribution in [0.15, 0.2) is 24.3 Å². The molecule has 0 saturated carbocycles.